The summed E-state index contributed by atoms with van der Waals surface area (Å²) in [7, 11) is 3.25. The van der Waals surface area contributed by atoms with E-state index in [1.54, 1.807) is 41.9 Å². The Morgan fingerprint density at radius 2 is 1.94 bits per heavy atom. The fourth-order valence-electron chi connectivity index (χ4n) is 4.81. The number of rotatable bonds is 5. The number of halogens is 1. The molecule has 4 rings (SSSR count). The molecular formula is C26H31FN6O3. The van der Waals surface area contributed by atoms with Crippen molar-refractivity contribution in [3.63, 3.8) is 0 Å². The van der Waals surface area contributed by atoms with Crippen LogP contribution >= 0.6 is 0 Å². The molecule has 2 saturated heterocycles. The van der Waals surface area contributed by atoms with Crippen LogP contribution in [0.15, 0.2) is 60.0 Å². The lowest BCUT2D eigenvalue weighted by Gasteiger charge is -2.37. The number of aliphatic imine (C=N–C) groups is 1. The molecular weight excluding hydrogens is 463 g/mol. The third kappa shape index (κ3) is 4.31. The maximum Gasteiger partial charge on any atom is 0.260 e. The van der Waals surface area contributed by atoms with E-state index in [4.69, 9.17) is 4.74 Å². The van der Waals surface area contributed by atoms with E-state index in [1.807, 2.05) is 13.8 Å². The van der Waals surface area contributed by atoms with Crippen molar-refractivity contribution in [3.8, 4) is 0 Å². The van der Waals surface area contributed by atoms with E-state index in [0.29, 0.717) is 28.4 Å². The van der Waals surface area contributed by atoms with Crippen LogP contribution in [0.1, 0.15) is 49.5 Å². The van der Waals surface area contributed by atoms with Gasteiger partial charge in [0.2, 0.25) is 5.88 Å². The van der Waals surface area contributed by atoms with E-state index in [2.05, 4.69) is 21.7 Å². The van der Waals surface area contributed by atoms with Crippen molar-refractivity contribution in [2.24, 2.45) is 12.0 Å². The molecule has 0 bridgehead atoms. The number of allylic oxidation sites excluding steroid dienone is 1. The van der Waals surface area contributed by atoms with Crippen LogP contribution in [0, 0.1) is 0 Å². The number of carbonyl (C=O) groups excluding carboxylic acids is 2. The molecule has 0 radical (unpaired) electrons. The number of hydrogen-bond donors (Lipinski definition) is 0. The minimum atomic E-state index is -1.68. The van der Waals surface area contributed by atoms with Crippen molar-refractivity contribution in [1.82, 2.24) is 19.7 Å². The fraction of sp³-hybridized carbons (Fsp3) is 0.423. The van der Waals surface area contributed by atoms with Gasteiger partial charge in [0.15, 0.2) is 0 Å². The van der Waals surface area contributed by atoms with Gasteiger partial charge >= 0.3 is 0 Å². The van der Waals surface area contributed by atoms with Gasteiger partial charge in [-0.2, -0.15) is 5.10 Å². The molecule has 0 unspecified atom stereocenters. The summed E-state index contributed by atoms with van der Waals surface area (Å²) >= 11 is 0. The Hall–Kier alpha value is -3.82. The molecule has 2 fully saturated rings. The van der Waals surface area contributed by atoms with Gasteiger partial charge in [0, 0.05) is 50.9 Å². The summed E-state index contributed by atoms with van der Waals surface area (Å²) in [6.45, 7) is 9.96. The summed E-state index contributed by atoms with van der Waals surface area (Å²) in [4.78, 5) is 37.9. The van der Waals surface area contributed by atoms with Gasteiger partial charge in [0.1, 0.15) is 5.67 Å². The number of pyridine rings is 1. The highest BCUT2D eigenvalue weighted by atomic mass is 19.1. The van der Waals surface area contributed by atoms with Crippen LogP contribution < -0.4 is 4.90 Å². The molecule has 2 amide bonds. The lowest BCUT2D eigenvalue weighted by atomic mass is 9.86. The number of carbonyl (C=O) groups is 2. The lowest BCUT2D eigenvalue weighted by molar-refractivity contribution is -0.114. The molecule has 190 valence electrons. The average molecular weight is 495 g/mol. The second-order valence-electron chi connectivity index (χ2n) is 9.56. The van der Waals surface area contributed by atoms with Gasteiger partial charge in [-0.3, -0.25) is 24.2 Å². The Bertz CT molecular complexity index is 1270. The highest BCUT2D eigenvalue weighted by Crippen LogP contribution is 2.41. The van der Waals surface area contributed by atoms with Crippen molar-refractivity contribution in [1.29, 1.82) is 0 Å². The monoisotopic (exact) mass is 494 g/mol. The summed E-state index contributed by atoms with van der Waals surface area (Å²) in [5, 5.41) is 4.04. The van der Waals surface area contributed by atoms with Crippen molar-refractivity contribution in [2.75, 3.05) is 25.1 Å². The normalized spacial score (nSPS) is 20.8. The fourth-order valence-corrected chi connectivity index (χ4v) is 4.81. The standard InChI is InChI=1S/C26H31FN6O3/c1-7-21(36-6)30-22-17(2)23(34)33(25(22,3)4)20-12-19(14-28-15-20)26(27)8-10-32(11-9-26)24(35)18-13-29-31(5)16-18/h7,12-16H,2,8-11H2,1,3-6H3/b21-7+,30-22?. The molecule has 0 spiro atoms. The van der Waals surface area contributed by atoms with Gasteiger partial charge in [-0.05, 0) is 32.9 Å². The van der Waals surface area contributed by atoms with E-state index in [-0.39, 0.29) is 43.3 Å². The van der Waals surface area contributed by atoms with Crippen LogP contribution in [0.5, 0.6) is 0 Å². The predicted octanol–water partition coefficient (Wildman–Crippen LogP) is 3.55. The predicted molar refractivity (Wildman–Crippen MR) is 134 cm³/mol. The van der Waals surface area contributed by atoms with Crippen LogP contribution in [0.4, 0.5) is 10.1 Å². The summed E-state index contributed by atoms with van der Waals surface area (Å²) in [5.74, 6) is -0.117. The van der Waals surface area contributed by atoms with Crippen LogP contribution in [0.3, 0.4) is 0 Å². The molecule has 2 aromatic heterocycles. The maximum absolute atomic E-state index is 16.2. The lowest BCUT2D eigenvalue weighted by Crippen LogP contribution is -2.45. The van der Waals surface area contributed by atoms with E-state index in [1.165, 1.54) is 30.6 Å². The van der Waals surface area contributed by atoms with Gasteiger partial charge in [-0.1, -0.05) is 6.58 Å². The number of hydrogen-bond acceptors (Lipinski definition) is 6. The number of ether oxygens (including phenoxy) is 1. The van der Waals surface area contributed by atoms with Crippen molar-refractivity contribution in [3.05, 3.63) is 66.1 Å². The molecule has 0 N–H and O–H groups in total. The van der Waals surface area contributed by atoms with Gasteiger partial charge in [-0.25, -0.2) is 9.38 Å². The number of alkyl halides is 1. The van der Waals surface area contributed by atoms with Gasteiger partial charge in [-0.15, -0.1) is 0 Å². The van der Waals surface area contributed by atoms with Crippen LogP contribution in [-0.2, 0) is 22.2 Å². The largest absolute Gasteiger partial charge is 0.481 e. The molecule has 10 heteroatoms. The molecule has 2 aromatic rings. The first-order chi connectivity index (χ1) is 17.0. The molecule has 4 heterocycles. The van der Waals surface area contributed by atoms with Crippen LogP contribution in [0.25, 0.3) is 0 Å². The number of anilines is 1. The van der Waals surface area contributed by atoms with Crippen molar-refractivity contribution >= 4 is 23.2 Å². The molecule has 2 aliphatic rings. The van der Waals surface area contributed by atoms with E-state index >= 15 is 4.39 Å². The molecule has 36 heavy (non-hydrogen) atoms. The molecule has 0 aliphatic carbocycles. The first-order valence-corrected chi connectivity index (χ1v) is 11.8. The zero-order valence-electron chi connectivity index (χ0n) is 21.3. The minimum Gasteiger partial charge on any atom is -0.481 e. The highest BCUT2D eigenvalue weighted by Gasteiger charge is 2.48. The Balaban J connectivity index is 1.58. The summed E-state index contributed by atoms with van der Waals surface area (Å²) in [5.41, 5.74) is -0.495. The third-order valence-electron chi connectivity index (χ3n) is 6.86. The van der Waals surface area contributed by atoms with Crippen LogP contribution in [-0.4, -0.2) is 62.9 Å². The second kappa shape index (κ2) is 9.33. The molecule has 0 atom stereocenters. The Kier molecular flexibility index (Phi) is 6.55. The highest BCUT2D eigenvalue weighted by molar-refractivity contribution is 6.36. The van der Waals surface area contributed by atoms with E-state index in [9.17, 15) is 9.59 Å². The molecule has 0 aromatic carbocycles. The van der Waals surface area contributed by atoms with Crippen LogP contribution in [0.2, 0.25) is 0 Å². The first kappa shape index (κ1) is 25.3. The number of nitrogens with zero attached hydrogens (tertiary/aromatic N) is 6. The van der Waals surface area contributed by atoms with Gasteiger partial charge in [0.05, 0.1) is 47.6 Å². The van der Waals surface area contributed by atoms with E-state index in [0.717, 1.165) is 0 Å². The van der Waals surface area contributed by atoms with E-state index < -0.39 is 11.2 Å². The molecule has 2 aliphatic heterocycles. The van der Waals surface area contributed by atoms with Gasteiger partial charge in [0.25, 0.3) is 11.8 Å². The summed E-state index contributed by atoms with van der Waals surface area (Å²) < 4.78 is 23.0. The number of aryl methyl sites for hydroxylation is 1. The maximum atomic E-state index is 16.2. The second-order valence-corrected chi connectivity index (χ2v) is 9.56. The third-order valence-corrected chi connectivity index (χ3v) is 6.86. The number of aromatic nitrogens is 3. The van der Waals surface area contributed by atoms with Crippen molar-refractivity contribution in [2.45, 2.75) is 44.8 Å². The first-order valence-electron chi connectivity index (χ1n) is 11.8. The Morgan fingerprint density at radius 3 is 2.53 bits per heavy atom. The molecule has 9 nitrogen and oxygen atoms in total. The molecule has 0 saturated carbocycles. The Morgan fingerprint density at radius 1 is 1.25 bits per heavy atom. The smallest absolute Gasteiger partial charge is 0.260 e. The summed E-state index contributed by atoms with van der Waals surface area (Å²) in [6.07, 6.45) is 8.14. The number of amides is 2. The van der Waals surface area contributed by atoms with Gasteiger partial charge < -0.3 is 9.64 Å². The topological polar surface area (TPSA) is 92.9 Å². The average Bonchev–Trinajstić information content (AvgIpc) is 3.36. The number of likely N-dealkylation sites (tertiary alicyclic amines) is 1. The number of methoxy groups -OCH3 is 1. The van der Waals surface area contributed by atoms with Crippen molar-refractivity contribution < 1.29 is 18.7 Å². The zero-order chi connectivity index (χ0) is 26.3. The zero-order valence-corrected chi connectivity index (χ0v) is 21.3. The quantitative estimate of drug-likeness (QED) is 0.468. The Labute approximate surface area is 210 Å². The SMILES string of the molecule is C=C1C(=O)N(c2cncc(C3(F)CCN(C(=O)c4cnn(C)c4)CC3)c2)C(C)(C)C1=N/C(=C\C)OC. The minimum absolute atomic E-state index is 0.124. The number of piperidine rings is 1. The summed E-state index contributed by atoms with van der Waals surface area (Å²) in [6, 6.07) is 1.66.